The first-order valence-electron chi connectivity index (χ1n) is 9.05. The molecule has 3 saturated heterocycles. The fourth-order valence-electron chi connectivity index (χ4n) is 3.90. The van der Waals surface area contributed by atoms with Gasteiger partial charge in [-0.15, -0.1) is 0 Å². The van der Waals surface area contributed by atoms with Crippen LogP contribution in [0.2, 0.25) is 0 Å². The standard InChI is InChI=1S/C14H24O15S2/c1-5-9(28-30(17,18)19)13-10(7(25-5)4-24-13)27-14-8(16)12(23-2)11(6(3-15)26-14)29-31(20,21)22/h5-16H,3-4H2,1-2H3,(H,17,18,19)(H,20,21,22)/t5?,6?,7?,8?,9?,10?,11?,12?,13-,14?/m1/s1. The molecule has 0 aromatic rings. The molecule has 3 rings (SSSR count). The van der Waals surface area contributed by atoms with Crippen LogP contribution in [-0.2, 0) is 52.8 Å². The van der Waals surface area contributed by atoms with Crippen LogP contribution in [0.15, 0.2) is 0 Å². The predicted octanol–water partition coefficient (Wildman–Crippen LogP) is -2.97. The number of hydrogen-bond donors (Lipinski definition) is 4. The van der Waals surface area contributed by atoms with Crippen LogP contribution in [0, 0.1) is 0 Å². The van der Waals surface area contributed by atoms with E-state index in [-0.39, 0.29) is 6.61 Å². The monoisotopic (exact) mass is 496 g/mol. The largest absolute Gasteiger partial charge is 0.397 e. The zero-order chi connectivity index (χ0) is 23.1. The lowest BCUT2D eigenvalue weighted by molar-refractivity contribution is -0.326. The molecule has 3 aliphatic rings. The number of rotatable bonds is 8. The molecule has 0 aromatic carbocycles. The lowest BCUT2D eigenvalue weighted by atomic mass is 9.97. The van der Waals surface area contributed by atoms with E-state index in [2.05, 4.69) is 8.37 Å². The molecule has 9 unspecified atom stereocenters. The smallest absolute Gasteiger partial charge is 0.394 e. The quantitative estimate of drug-likeness (QED) is 0.247. The van der Waals surface area contributed by atoms with E-state index < -0.39 is 88.6 Å². The zero-order valence-corrected chi connectivity index (χ0v) is 17.9. The van der Waals surface area contributed by atoms with E-state index in [1.807, 2.05) is 0 Å². The molecular formula is C14H24O15S2. The minimum absolute atomic E-state index is 0.0144. The van der Waals surface area contributed by atoms with Gasteiger partial charge in [0, 0.05) is 7.11 Å². The van der Waals surface area contributed by atoms with Gasteiger partial charge in [-0.3, -0.25) is 9.11 Å². The van der Waals surface area contributed by atoms with Crippen LogP contribution in [-0.4, -0.2) is 118 Å². The molecule has 17 heteroatoms. The average molecular weight is 496 g/mol. The molecule has 0 radical (unpaired) electrons. The van der Waals surface area contributed by atoms with Crippen molar-refractivity contribution in [1.82, 2.24) is 0 Å². The molecule has 0 aromatic heterocycles. The van der Waals surface area contributed by atoms with Crippen molar-refractivity contribution in [1.29, 1.82) is 0 Å². The highest BCUT2D eigenvalue weighted by molar-refractivity contribution is 7.81. The molecule has 15 nitrogen and oxygen atoms in total. The van der Waals surface area contributed by atoms with Gasteiger partial charge in [-0.05, 0) is 6.92 Å². The SMILES string of the molecule is COC1C(O)C(OC2C3CO[C@@H]2C(OS(=O)(=O)O)C(C)O3)OC(CO)C1OS(=O)(=O)O. The Balaban J connectivity index is 1.79. The third kappa shape index (κ3) is 5.69. The van der Waals surface area contributed by atoms with Crippen LogP contribution in [0.1, 0.15) is 6.92 Å². The highest BCUT2D eigenvalue weighted by Crippen LogP contribution is 2.37. The Labute approximate surface area is 178 Å². The van der Waals surface area contributed by atoms with E-state index in [9.17, 15) is 27.0 Å². The maximum atomic E-state index is 11.2. The van der Waals surface area contributed by atoms with E-state index >= 15 is 0 Å². The molecule has 0 spiro atoms. The maximum Gasteiger partial charge on any atom is 0.397 e. The van der Waals surface area contributed by atoms with Gasteiger partial charge in [-0.2, -0.15) is 16.8 Å². The van der Waals surface area contributed by atoms with Gasteiger partial charge in [0.15, 0.2) is 6.29 Å². The molecule has 10 atom stereocenters. The van der Waals surface area contributed by atoms with Crippen LogP contribution < -0.4 is 0 Å². The molecule has 0 aliphatic carbocycles. The lowest BCUT2D eigenvalue weighted by Crippen LogP contribution is -2.63. The number of aliphatic hydroxyl groups excluding tert-OH is 2. The summed E-state index contributed by atoms with van der Waals surface area (Å²) in [4.78, 5) is 0. The second kappa shape index (κ2) is 9.37. The molecule has 4 N–H and O–H groups in total. The molecule has 31 heavy (non-hydrogen) atoms. The van der Waals surface area contributed by atoms with Gasteiger partial charge >= 0.3 is 20.8 Å². The second-order valence-corrected chi connectivity index (χ2v) is 9.27. The molecule has 182 valence electrons. The van der Waals surface area contributed by atoms with Crippen molar-refractivity contribution in [2.45, 2.75) is 68.1 Å². The fraction of sp³-hybridized carbons (Fsp3) is 1.00. The molecular weight excluding hydrogens is 472 g/mol. The Kier molecular flexibility index (Phi) is 7.58. The maximum absolute atomic E-state index is 11.2. The van der Waals surface area contributed by atoms with Crippen molar-refractivity contribution >= 4 is 20.8 Å². The Morgan fingerprint density at radius 2 is 1.58 bits per heavy atom. The van der Waals surface area contributed by atoms with Crippen LogP contribution in [0.5, 0.6) is 0 Å². The van der Waals surface area contributed by atoms with Gasteiger partial charge in [0.05, 0.1) is 19.3 Å². The first kappa shape index (κ1) is 25.1. The third-order valence-electron chi connectivity index (χ3n) is 5.14. The third-order valence-corrected chi connectivity index (χ3v) is 6.07. The first-order valence-corrected chi connectivity index (χ1v) is 11.8. The van der Waals surface area contributed by atoms with E-state index in [1.165, 1.54) is 6.92 Å². The van der Waals surface area contributed by atoms with Crippen molar-refractivity contribution in [3.63, 3.8) is 0 Å². The molecule has 3 aliphatic heterocycles. The van der Waals surface area contributed by atoms with Crippen molar-refractivity contribution in [2.75, 3.05) is 20.3 Å². The number of aliphatic hydroxyl groups is 2. The summed E-state index contributed by atoms with van der Waals surface area (Å²) >= 11 is 0. The summed E-state index contributed by atoms with van der Waals surface area (Å²) in [5.74, 6) is 0. The first-order chi connectivity index (χ1) is 14.3. The topological polar surface area (TPSA) is 214 Å². The normalized spacial score (nSPS) is 43.8. The van der Waals surface area contributed by atoms with Gasteiger partial charge < -0.3 is 33.9 Å². The van der Waals surface area contributed by atoms with Gasteiger partial charge in [-0.1, -0.05) is 0 Å². The van der Waals surface area contributed by atoms with Gasteiger partial charge in [0.2, 0.25) is 0 Å². The number of methoxy groups -OCH3 is 1. The van der Waals surface area contributed by atoms with E-state index in [0.29, 0.717) is 0 Å². The Morgan fingerprint density at radius 1 is 0.968 bits per heavy atom. The molecule has 3 fully saturated rings. The highest BCUT2D eigenvalue weighted by atomic mass is 32.3. The lowest BCUT2D eigenvalue weighted by Gasteiger charge is -2.45. The summed E-state index contributed by atoms with van der Waals surface area (Å²) in [7, 11) is -8.70. The van der Waals surface area contributed by atoms with Gasteiger partial charge in [0.1, 0.15) is 48.8 Å². The Bertz CT molecular complexity index is 831. The zero-order valence-electron chi connectivity index (χ0n) is 16.3. The number of hydrogen-bond acceptors (Lipinski definition) is 13. The summed E-state index contributed by atoms with van der Waals surface area (Å²) in [5, 5.41) is 20.1. The van der Waals surface area contributed by atoms with Gasteiger partial charge in [-0.25, -0.2) is 8.37 Å². The van der Waals surface area contributed by atoms with Crippen molar-refractivity contribution < 1.29 is 68.2 Å². The van der Waals surface area contributed by atoms with Crippen LogP contribution >= 0.6 is 0 Å². The van der Waals surface area contributed by atoms with Crippen LogP contribution in [0.3, 0.4) is 0 Å². The summed E-state index contributed by atoms with van der Waals surface area (Å²) in [6, 6.07) is 0. The van der Waals surface area contributed by atoms with E-state index in [1.54, 1.807) is 0 Å². The fourth-order valence-corrected chi connectivity index (χ4v) is 4.96. The molecule has 2 bridgehead atoms. The van der Waals surface area contributed by atoms with Crippen molar-refractivity contribution in [2.24, 2.45) is 0 Å². The molecule has 0 amide bonds. The van der Waals surface area contributed by atoms with Crippen molar-refractivity contribution in [3.05, 3.63) is 0 Å². The van der Waals surface area contributed by atoms with Crippen LogP contribution in [0.4, 0.5) is 0 Å². The minimum atomic E-state index is -4.98. The number of ether oxygens (including phenoxy) is 5. The van der Waals surface area contributed by atoms with E-state index in [4.69, 9.17) is 32.8 Å². The van der Waals surface area contributed by atoms with E-state index in [0.717, 1.165) is 7.11 Å². The molecule has 3 heterocycles. The Morgan fingerprint density at radius 3 is 2.13 bits per heavy atom. The van der Waals surface area contributed by atoms with Crippen molar-refractivity contribution in [3.8, 4) is 0 Å². The second-order valence-electron chi connectivity index (χ2n) is 7.17. The number of fused-ring (bicyclic) bond motifs is 2. The predicted molar refractivity (Wildman–Crippen MR) is 94.3 cm³/mol. The average Bonchev–Trinajstić information content (AvgIpc) is 2.94. The summed E-state index contributed by atoms with van der Waals surface area (Å²) in [6.07, 6.45) is -12.4. The van der Waals surface area contributed by atoms with Crippen LogP contribution in [0.25, 0.3) is 0 Å². The summed E-state index contributed by atoms with van der Waals surface area (Å²) in [6.45, 7) is 0.703. The minimum Gasteiger partial charge on any atom is -0.394 e. The highest BCUT2D eigenvalue weighted by Gasteiger charge is 2.56. The van der Waals surface area contributed by atoms with Gasteiger partial charge in [0.25, 0.3) is 0 Å². The Hall–Kier alpha value is -0.540. The summed E-state index contributed by atoms with van der Waals surface area (Å²) < 4.78 is 99.0. The summed E-state index contributed by atoms with van der Waals surface area (Å²) in [5.41, 5.74) is 0. The molecule has 0 saturated carbocycles.